The van der Waals surface area contributed by atoms with E-state index in [0.717, 1.165) is 44.6 Å². The number of nitrogens with one attached hydrogen (secondary N) is 1. The predicted octanol–water partition coefficient (Wildman–Crippen LogP) is 6.51. The number of thioether (sulfide) groups is 1. The topological polar surface area (TPSA) is 64.0 Å². The maximum absolute atomic E-state index is 13.6. The number of aryl methyl sites for hydroxylation is 3. The molecular weight excluding hydrogens is 518 g/mol. The summed E-state index contributed by atoms with van der Waals surface area (Å²) < 4.78 is 2.62. The Kier molecular flexibility index (Phi) is 7.36. The number of aromatic nitrogens is 2. The van der Waals surface area contributed by atoms with Crippen LogP contribution in [0.4, 0.5) is 5.69 Å². The quantitative estimate of drug-likeness (QED) is 0.214. The first-order valence-corrected chi connectivity index (χ1v) is 13.3. The van der Waals surface area contributed by atoms with Crippen molar-refractivity contribution in [2.45, 2.75) is 38.8 Å². The number of thiophene rings is 1. The van der Waals surface area contributed by atoms with Gasteiger partial charge in [0.1, 0.15) is 4.83 Å². The van der Waals surface area contributed by atoms with Gasteiger partial charge < -0.3 is 5.32 Å². The fourth-order valence-electron chi connectivity index (χ4n) is 3.63. The Balaban J connectivity index is 1.69. The van der Waals surface area contributed by atoms with Crippen LogP contribution in [0.2, 0.25) is 0 Å². The molecule has 1 N–H and O–H groups in total. The van der Waals surface area contributed by atoms with Gasteiger partial charge in [-0.2, -0.15) is 0 Å². The molecule has 2 heterocycles. The number of carbonyl (C=O) groups excluding carboxylic acids is 1. The third-order valence-corrected chi connectivity index (χ3v) is 8.37. The van der Waals surface area contributed by atoms with E-state index < -0.39 is 0 Å². The molecule has 0 aliphatic rings. The lowest BCUT2D eigenvalue weighted by Crippen LogP contribution is -2.22. The van der Waals surface area contributed by atoms with Gasteiger partial charge in [-0.3, -0.25) is 14.2 Å². The summed E-state index contributed by atoms with van der Waals surface area (Å²) in [6.45, 7) is 6.11. The minimum Gasteiger partial charge on any atom is -0.325 e. The Bertz CT molecular complexity index is 1380. The summed E-state index contributed by atoms with van der Waals surface area (Å²) in [7, 11) is 0. The van der Waals surface area contributed by atoms with Crippen LogP contribution in [-0.4, -0.2) is 21.2 Å². The van der Waals surface area contributed by atoms with Gasteiger partial charge in [0.25, 0.3) is 5.56 Å². The van der Waals surface area contributed by atoms with Gasteiger partial charge in [-0.05, 0) is 61.7 Å². The first kappa shape index (κ1) is 23.7. The maximum Gasteiger partial charge on any atom is 0.267 e. The van der Waals surface area contributed by atoms with Crippen molar-refractivity contribution in [3.63, 3.8) is 0 Å². The van der Waals surface area contributed by atoms with Gasteiger partial charge in [0, 0.05) is 15.0 Å². The Hall–Kier alpha value is -2.42. The molecule has 0 aliphatic heterocycles. The van der Waals surface area contributed by atoms with E-state index in [4.69, 9.17) is 4.98 Å². The Morgan fingerprint density at radius 2 is 1.94 bits per heavy atom. The zero-order valence-electron chi connectivity index (χ0n) is 18.6. The molecule has 0 saturated heterocycles. The highest BCUT2D eigenvalue weighted by Crippen LogP contribution is 2.31. The number of para-hydroxylation sites is 1. The highest BCUT2D eigenvalue weighted by molar-refractivity contribution is 9.10. The van der Waals surface area contributed by atoms with E-state index in [2.05, 4.69) is 28.2 Å². The second-order valence-corrected chi connectivity index (χ2v) is 10.6. The molecule has 5 nitrogen and oxygen atoms in total. The molecule has 8 heteroatoms. The van der Waals surface area contributed by atoms with Gasteiger partial charge in [0.05, 0.1) is 16.8 Å². The largest absolute Gasteiger partial charge is 0.325 e. The first-order chi connectivity index (χ1) is 15.9. The third-order valence-electron chi connectivity index (χ3n) is 5.30. The summed E-state index contributed by atoms with van der Waals surface area (Å²) in [4.78, 5) is 33.0. The van der Waals surface area contributed by atoms with Crippen LogP contribution in [0.3, 0.4) is 0 Å². The van der Waals surface area contributed by atoms with Crippen molar-refractivity contribution >= 4 is 60.8 Å². The second kappa shape index (κ2) is 10.2. The van der Waals surface area contributed by atoms with E-state index in [1.165, 1.54) is 16.6 Å². The summed E-state index contributed by atoms with van der Waals surface area (Å²) in [5.41, 5.74) is 3.45. The zero-order valence-corrected chi connectivity index (χ0v) is 21.9. The van der Waals surface area contributed by atoms with Gasteiger partial charge in [-0.15, -0.1) is 11.3 Å². The van der Waals surface area contributed by atoms with Crippen molar-refractivity contribution in [2.24, 2.45) is 0 Å². The van der Waals surface area contributed by atoms with E-state index in [9.17, 15) is 9.59 Å². The standard InChI is InChI=1S/C25H24BrN3O2S2/c1-4-8-20-16(3)22-23(33-20)28-25(29(24(22)31)18-9-6-5-7-10-18)32-14-21(30)27-17-11-12-19(26)15(2)13-17/h5-7,9-13H,4,8,14H2,1-3H3,(H,27,30). The van der Waals surface area contributed by atoms with Gasteiger partial charge in [-0.1, -0.05) is 59.2 Å². The van der Waals surface area contributed by atoms with Crippen molar-refractivity contribution in [3.8, 4) is 5.69 Å². The molecule has 0 spiro atoms. The Morgan fingerprint density at radius 3 is 2.64 bits per heavy atom. The fourth-order valence-corrected chi connectivity index (χ4v) is 6.01. The fraction of sp³-hybridized carbons (Fsp3) is 0.240. The lowest BCUT2D eigenvalue weighted by Gasteiger charge is -2.12. The van der Waals surface area contributed by atoms with Crippen LogP contribution in [0.1, 0.15) is 29.3 Å². The van der Waals surface area contributed by atoms with Gasteiger partial charge in [0.2, 0.25) is 5.91 Å². The predicted molar refractivity (Wildman–Crippen MR) is 142 cm³/mol. The van der Waals surface area contributed by atoms with Crippen LogP contribution in [-0.2, 0) is 11.2 Å². The van der Waals surface area contributed by atoms with Crippen molar-refractivity contribution in [3.05, 3.63) is 79.4 Å². The number of rotatable bonds is 7. The number of fused-ring (bicyclic) bond motifs is 1. The normalized spacial score (nSPS) is 11.2. The number of halogens is 1. The average Bonchev–Trinajstić information content (AvgIpc) is 3.11. The molecule has 0 atom stereocenters. The van der Waals surface area contributed by atoms with Gasteiger partial charge >= 0.3 is 0 Å². The third kappa shape index (κ3) is 5.08. The number of benzene rings is 2. The molecule has 0 saturated carbocycles. The van der Waals surface area contributed by atoms with E-state index in [-0.39, 0.29) is 17.2 Å². The molecule has 0 unspecified atom stereocenters. The van der Waals surface area contributed by atoms with Crippen LogP contribution in [0, 0.1) is 13.8 Å². The minimum atomic E-state index is -0.148. The van der Waals surface area contributed by atoms with Crippen LogP contribution in [0.5, 0.6) is 0 Å². The van der Waals surface area contributed by atoms with Gasteiger partial charge in [-0.25, -0.2) is 4.98 Å². The highest BCUT2D eigenvalue weighted by atomic mass is 79.9. The molecular formula is C25H24BrN3O2S2. The lowest BCUT2D eigenvalue weighted by atomic mass is 10.1. The molecule has 4 rings (SSSR count). The molecule has 0 aliphatic carbocycles. The van der Waals surface area contributed by atoms with Crippen molar-refractivity contribution in [2.75, 3.05) is 11.1 Å². The summed E-state index contributed by atoms with van der Waals surface area (Å²) in [6.07, 6.45) is 1.94. The number of anilines is 1. The van der Waals surface area contributed by atoms with E-state index in [0.29, 0.717) is 10.5 Å². The summed E-state index contributed by atoms with van der Waals surface area (Å²) in [5, 5.41) is 4.12. The zero-order chi connectivity index (χ0) is 23.5. The molecule has 0 radical (unpaired) electrons. The molecule has 4 aromatic rings. The van der Waals surface area contributed by atoms with E-state index in [1.54, 1.807) is 15.9 Å². The first-order valence-electron chi connectivity index (χ1n) is 10.7. The Labute approximate surface area is 209 Å². The number of hydrogen-bond acceptors (Lipinski definition) is 5. The highest BCUT2D eigenvalue weighted by Gasteiger charge is 2.19. The molecule has 170 valence electrons. The van der Waals surface area contributed by atoms with Crippen LogP contribution >= 0.6 is 39.0 Å². The van der Waals surface area contributed by atoms with E-state index >= 15 is 0 Å². The molecule has 2 aromatic heterocycles. The SMILES string of the molecule is CCCc1sc2nc(SCC(=O)Nc3ccc(Br)c(C)c3)n(-c3ccccc3)c(=O)c2c1C. The number of carbonyl (C=O) groups is 1. The van der Waals surface area contributed by atoms with Crippen molar-refractivity contribution in [1.82, 2.24) is 9.55 Å². The van der Waals surface area contributed by atoms with Crippen LogP contribution in [0.25, 0.3) is 15.9 Å². The maximum atomic E-state index is 13.6. The molecule has 0 bridgehead atoms. The van der Waals surface area contributed by atoms with Crippen LogP contribution < -0.4 is 10.9 Å². The molecule has 2 aromatic carbocycles. The second-order valence-electron chi connectivity index (χ2n) is 7.75. The average molecular weight is 543 g/mol. The van der Waals surface area contributed by atoms with Crippen molar-refractivity contribution in [1.29, 1.82) is 0 Å². The number of nitrogens with zero attached hydrogens (tertiary/aromatic N) is 2. The summed E-state index contributed by atoms with van der Waals surface area (Å²) in [5.74, 6) is -0.00351. The molecule has 0 fully saturated rings. The summed E-state index contributed by atoms with van der Waals surface area (Å²) in [6, 6.07) is 15.2. The van der Waals surface area contributed by atoms with Crippen molar-refractivity contribution < 1.29 is 4.79 Å². The molecule has 33 heavy (non-hydrogen) atoms. The molecule has 1 amide bonds. The number of amides is 1. The smallest absolute Gasteiger partial charge is 0.267 e. The van der Waals surface area contributed by atoms with Crippen LogP contribution in [0.15, 0.2) is 63.0 Å². The summed E-state index contributed by atoms with van der Waals surface area (Å²) >= 11 is 6.32. The minimum absolute atomic E-state index is 0.0891. The lowest BCUT2D eigenvalue weighted by molar-refractivity contribution is -0.113. The van der Waals surface area contributed by atoms with Gasteiger partial charge in [0.15, 0.2) is 5.16 Å². The van der Waals surface area contributed by atoms with E-state index in [1.807, 2.05) is 62.4 Å². The monoisotopic (exact) mass is 541 g/mol. The Morgan fingerprint density at radius 1 is 1.18 bits per heavy atom. The number of hydrogen-bond donors (Lipinski definition) is 1.